The number of nitrogens with zero attached hydrogens (tertiary/aromatic N) is 5. The Morgan fingerprint density at radius 2 is 1.60 bits per heavy atom. The maximum atomic E-state index is 12.8. The molecule has 2 aliphatic rings. The molecule has 0 radical (unpaired) electrons. The van der Waals surface area contributed by atoms with Gasteiger partial charge < -0.3 is 14.7 Å². The number of anilines is 1. The van der Waals surface area contributed by atoms with E-state index >= 15 is 0 Å². The van der Waals surface area contributed by atoms with E-state index in [9.17, 15) is 14.4 Å². The molecule has 0 aliphatic carbocycles. The van der Waals surface area contributed by atoms with Crippen molar-refractivity contribution in [2.75, 3.05) is 64.2 Å². The van der Waals surface area contributed by atoms with Gasteiger partial charge in [-0.2, -0.15) is 0 Å². The number of hydrogen-bond acceptors (Lipinski definition) is 6. The molecule has 1 N–H and O–H groups in total. The van der Waals surface area contributed by atoms with E-state index in [0.29, 0.717) is 50.1 Å². The summed E-state index contributed by atoms with van der Waals surface area (Å²) in [7, 11) is 0. The Morgan fingerprint density at radius 1 is 0.943 bits per heavy atom. The summed E-state index contributed by atoms with van der Waals surface area (Å²) < 4.78 is 0. The van der Waals surface area contributed by atoms with Crippen LogP contribution in [0.25, 0.3) is 6.08 Å². The van der Waals surface area contributed by atoms with Crippen molar-refractivity contribution in [1.82, 2.24) is 24.6 Å². The minimum atomic E-state index is -0.224. The van der Waals surface area contributed by atoms with E-state index in [2.05, 4.69) is 39.5 Å². The largest absolute Gasteiger partial charge is 0.340 e. The lowest BCUT2D eigenvalue weighted by atomic mass is 10.2. The van der Waals surface area contributed by atoms with Gasteiger partial charge in [0.2, 0.25) is 11.8 Å². The zero-order valence-corrected chi connectivity index (χ0v) is 20.9. The van der Waals surface area contributed by atoms with Crippen LogP contribution in [0.5, 0.6) is 0 Å². The van der Waals surface area contributed by atoms with Gasteiger partial charge in [-0.05, 0) is 5.56 Å². The average molecular weight is 497 g/mol. The highest BCUT2D eigenvalue weighted by Crippen LogP contribution is 2.18. The lowest BCUT2D eigenvalue weighted by Gasteiger charge is -2.34. The summed E-state index contributed by atoms with van der Waals surface area (Å²) >= 11 is 1.32. The molecule has 1 aromatic heterocycles. The molecule has 9 nitrogen and oxygen atoms in total. The Labute approximate surface area is 210 Å². The first-order valence-corrected chi connectivity index (χ1v) is 12.8. The zero-order valence-electron chi connectivity index (χ0n) is 20.1. The van der Waals surface area contributed by atoms with Crippen LogP contribution in [0, 0.1) is 0 Å². The predicted octanol–water partition coefficient (Wildman–Crippen LogP) is 2.24. The van der Waals surface area contributed by atoms with Gasteiger partial charge in [-0.15, -0.1) is 11.3 Å². The standard InChI is InChI=1S/C25H32N6O3S/c1-20(32)29-14-16-31(17-15-29)25(34)27-24-26-22(19-35-24)18-23(33)30-12-10-28(11-13-30)9-5-8-21-6-3-2-4-7-21/h2-8,19H,9-18H2,1H3,(H,26,27,34)/b8-5+. The molecule has 35 heavy (non-hydrogen) atoms. The van der Waals surface area contributed by atoms with Crippen LogP contribution in [0.1, 0.15) is 18.2 Å². The summed E-state index contributed by atoms with van der Waals surface area (Å²) in [4.78, 5) is 48.8. The van der Waals surface area contributed by atoms with Gasteiger partial charge >= 0.3 is 6.03 Å². The van der Waals surface area contributed by atoms with Crippen molar-refractivity contribution in [2.24, 2.45) is 0 Å². The SMILES string of the molecule is CC(=O)N1CCN(C(=O)Nc2nc(CC(=O)N3CCN(C/C=C/c4ccccc4)CC3)cs2)CC1. The molecule has 4 rings (SSSR count). The Bertz CT molecular complexity index is 1040. The van der Waals surface area contributed by atoms with E-state index < -0.39 is 0 Å². The molecule has 2 fully saturated rings. The normalized spacial score (nSPS) is 17.1. The predicted molar refractivity (Wildman–Crippen MR) is 137 cm³/mol. The van der Waals surface area contributed by atoms with Gasteiger partial charge in [0.1, 0.15) is 0 Å². The summed E-state index contributed by atoms with van der Waals surface area (Å²) in [5.74, 6) is 0.0913. The number of thiazole rings is 1. The second-order valence-electron chi connectivity index (χ2n) is 8.74. The van der Waals surface area contributed by atoms with Crippen LogP contribution in [-0.2, 0) is 16.0 Å². The molecule has 186 valence electrons. The summed E-state index contributed by atoms with van der Waals surface area (Å²) in [6.45, 7) is 7.59. The summed E-state index contributed by atoms with van der Waals surface area (Å²) in [6, 6.07) is 10.0. The van der Waals surface area contributed by atoms with Crippen LogP contribution in [0.3, 0.4) is 0 Å². The molecule has 10 heteroatoms. The highest BCUT2D eigenvalue weighted by molar-refractivity contribution is 7.13. The summed E-state index contributed by atoms with van der Waals surface area (Å²) in [5.41, 5.74) is 1.86. The highest BCUT2D eigenvalue weighted by atomic mass is 32.1. The van der Waals surface area contributed by atoms with Crippen LogP contribution in [0.15, 0.2) is 41.8 Å². The monoisotopic (exact) mass is 496 g/mol. The number of hydrogen-bond donors (Lipinski definition) is 1. The first kappa shape index (κ1) is 24.9. The lowest BCUT2D eigenvalue weighted by molar-refractivity contribution is -0.132. The Balaban J connectivity index is 1.18. The third-order valence-electron chi connectivity index (χ3n) is 6.31. The van der Waals surface area contributed by atoms with Crippen molar-refractivity contribution >= 4 is 40.4 Å². The maximum Gasteiger partial charge on any atom is 0.323 e. The van der Waals surface area contributed by atoms with Gasteiger partial charge in [0.05, 0.1) is 12.1 Å². The number of amides is 4. The van der Waals surface area contributed by atoms with E-state index in [0.717, 1.165) is 19.6 Å². The van der Waals surface area contributed by atoms with Crippen molar-refractivity contribution < 1.29 is 14.4 Å². The average Bonchev–Trinajstić information content (AvgIpc) is 3.31. The van der Waals surface area contributed by atoms with Gasteiger partial charge in [-0.25, -0.2) is 9.78 Å². The fourth-order valence-electron chi connectivity index (χ4n) is 4.19. The van der Waals surface area contributed by atoms with E-state index in [-0.39, 0.29) is 24.3 Å². The molecule has 3 heterocycles. The van der Waals surface area contributed by atoms with Gasteiger partial charge in [-0.3, -0.25) is 19.8 Å². The van der Waals surface area contributed by atoms with Crippen molar-refractivity contribution in [1.29, 1.82) is 0 Å². The van der Waals surface area contributed by atoms with E-state index in [1.54, 1.807) is 16.7 Å². The number of aromatic nitrogens is 1. The van der Waals surface area contributed by atoms with Crippen LogP contribution in [0.2, 0.25) is 0 Å². The van der Waals surface area contributed by atoms with Gasteiger partial charge in [-0.1, -0.05) is 42.5 Å². The van der Waals surface area contributed by atoms with Crippen LogP contribution in [-0.4, -0.2) is 101 Å². The number of rotatable bonds is 6. The van der Waals surface area contributed by atoms with Gasteiger partial charge in [0.15, 0.2) is 5.13 Å². The number of carbonyl (C=O) groups excluding carboxylic acids is 3. The van der Waals surface area contributed by atoms with Crippen molar-refractivity contribution in [2.45, 2.75) is 13.3 Å². The van der Waals surface area contributed by atoms with Crippen LogP contribution >= 0.6 is 11.3 Å². The topological polar surface area (TPSA) is 89.1 Å². The second-order valence-corrected chi connectivity index (χ2v) is 9.60. The molecular formula is C25H32N6O3S. The Hall–Kier alpha value is -3.24. The third kappa shape index (κ3) is 7.12. The molecule has 0 bridgehead atoms. The second kappa shape index (κ2) is 11.9. The van der Waals surface area contributed by atoms with Crippen LogP contribution < -0.4 is 5.32 Å². The third-order valence-corrected chi connectivity index (χ3v) is 7.12. The molecule has 0 saturated carbocycles. The molecule has 4 amide bonds. The summed E-state index contributed by atoms with van der Waals surface area (Å²) in [5, 5.41) is 5.13. The highest BCUT2D eigenvalue weighted by Gasteiger charge is 2.24. The van der Waals surface area contributed by atoms with Crippen molar-refractivity contribution in [3.8, 4) is 0 Å². The minimum absolute atomic E-state index is 0.0283. The Kier molecular flexibility index (Phi) is 8.49. The number of carbonyl (C=O) groups is 3. The van der Waals surface area contributed by atoms with Crippen molar-refractivity contribution in [3.05, 3.63) is 53.0 Å². The fourth-order valence-corrected chi connectivity index (χ4v) is 4.89. The molecule has 0 atom stereocenters. The molecule has 0 spiro atoms. The molecule has 2 saturated heterocycles. The number of benzene rings is 1. The molecule has 0 unspecified atom stereocenters. The van der Waals surface area contributed by atoms with E-state index in [1.807, 2.05) is 28.5 Å². The van der Waals surface area contributed by atoms with Gasteiger partial charge in [0.25, 0.3) is 0 Å². The number of nitrogens with one attached hydrogen (secondary N) is 1. The molecule has 1 aromatic carbocycles. The first-order valence-electron chi connectivity index (χ1n) is 12.0. The molecule has 2 aliphatic heterocycles. The molecule has 2 aromatic rings. The maximum absolute atomic E-state index is 12.8. The minimum Gasteiger partial charge on any atom is -0.340 e. The first-order chi connectivity index (χ1) is 17.0. The smallest absolute Gasteiger partial charge is 0.323 e. The van der Waals surface area contributed by atoms with Crippen molar-refractivity contribution in [3.63, 3.8) is 0 Å². The molecular weight excluding hydrogens is 464 g/mol. The Morgan fingerprint density at radius 3 is 2.29 bits per heavy atom. The van der Waals surface area contributed by atoms with E-state index in [4.69, 9.17) is 0 Å². The quantitative estimate of drug-likeness (QED) is 0.663. The van der Waals surface area contributed by atoms with E-state index in [1.165, 1.54) is 16.9 Å². The number of urea groups is 1. The van der Waals surface area contributed by atoms with Gasteiger partial charge in [0, 0.05) is 71.2 Å². The summed E-state index contributed by atoms with van der Waals surface area (Å²) in [6.07, 6.45) is 4.53. The van der Waals surface area contributed by atoms with Crippen LogP contribution in [0.4, 0.5) is 9.93 Å². The lowest BCUT2D eigenvalue weighted by Crippen LogP contribution is -2.51. The number of piperazine rings is 2. The zero-order chi connectivity index (χ0) is 24.6. The fraction of sp³-hybridized carbons (Fsp3) is 0.440.